The molecule has 0 fully saturated rings. The number of nitrogens with zero attached hydrogens (tertiary/aromatic N) is 1. The molecule has 1 atom stereocenters. The molecular formula is C25H32N4O5. The fourth-order valence-corrected chi connectivity index (χ4v) is 3.47. The number of carbonyl (C=O) groups excluding carboxylic acids is 2. The number of guanidine groups is 1. The second kappa shape index (κ2) is 13.1. The van der Waals surface area contributed by atoms with Gasteiger partial charge in [-0.2, -0.15) is 0 Å². The topological polar surface area (TPSA) is 121 Å². The fraction of sp³-hybridized carbons (Fsp3) is 0.400. The molecule has 34 heavy (non-hydrogen) atoms. The van der Waals surface area contributed by atoms with E-state index in [2.05, 4.69) is 20.9 Å². The molecule has 1 heterocycles. The van der Waals surface area contributed by atoms with Gasteiger partial charge in [0.1, 0.15) is 11.5 Å². The first-order valence-corrected chi connectivity index (χ1v) is 11.6. The molecule has 0 aliphatic carbocycles. The van der Waals surface area contributed by atoms with Gasteiger partial charge in [0.25, 0.3) is 5.91 Å². The van der Waals surface area contributed by atoms with Gasteiger partial charge in [-0.1, -0.05) is 30.3 Å². The smallest absolute Gasteiger partial charge is 0.308 e. The highest BCUT2D eigenvalue weighted by molar-refractivity contribution is 5.97. The minimum atomic E-state index is -0.598. The maximum Gasteiger partial charge on any atom is 0.308 e. The van der Waals surface area contributed by atoms with Gasteiger partial charge in [0, 0.05) is 19.6 Å². The van der Waals surface area contributed by atoms with Gasteiger partial charge in [-0.3, -0.25) is 14.6 Å². The number of rotatable bonds is 11. The minimum absolute atomic E-state index is 0.0201. The predicted molar refractivity (Wildman–Crippen MR) is 129 cm³/mol. The van der Waals surface area contributed by atoms with Crippen molar-refractivity contribution in [2.24, 2.45) is 4.99 Å². The van der Waals surface area contributed by atoms with E-state index >= 15 is 0 Å². The Hall–Kier alpha value is -3.75. The first-order chi connectivity index (χ1) is 16.6. The zero-order chi connectivity index (χ0) is 24.2. The van der Waals surface area contributed by atoms with Crippen molar-refractivity contribution in [3.8, 4) is 11.5 Å². The van der Waals surface area contributed by atoms with Crippen LogP contribution < -0.4 is 20.7 Å². The summed E-state index contributed by atoms with van der Waals surface area (Å²) in [6, 6.07) is 13.1. The molecule has 0 radical (unpaired) electrons. The van der Waals surface area contributed by atoms with E-state index in [9.17, 15) is 14.7 Å². The van der Waals surface area contributed by atoms with Crippen LogP contribution in [0.25, 0.3) is 0 Å². The largest absolute Gasteiger partial charge is 0.507 e. The Morgan fingerprint density at radius 3 is 2.76 bits per heavy atom. The summed E-state index contributed by atoms with van der Waals surface area (Å²) in [6.07, 6.45) is 1.76. The molecule has 1 aliphatic rings. The van der Waals surface area contributed by atoms with Crippen molar-refractivity contribution in [2.45, 2.75) is 32.2 Å². The van der Waals surface area contributed by atoms with Gasteiger partial charge in [-0.05, 0) is 43.5 Å². The number of hydrogen-bond acceptors (Lipinski definition) is 8. The average Bonchev–Trinajstić information content (AvgIpc) is 2.85. The van der Waals surface area contributed by atoms with E-state index in [4.69, 9.17) is 9.47 Å². The summed E-state index contributed by atoms with van der Waals surface area (Å²) in [6.45, 7) is 4.87. The Labute approximate surface area is 199 Å². The molecule has 1 amide bonds. The van der Waals surface area contributed by atoms with Crippen molar-refractivity contribution in [1.29, 1.82) is 0 Å². The number of ether oxygens (including phenoxy) is 2. The Balaban J connectivity index is 1.58. The number of amides is 1. The third-order valence-electron chi connectivity index (χ3n) is 5.18. The lowest BCUT2D eigenvalue weighted by Gasteiger charge is -2.19. The molecule has 1 aliphatic heterocycles. The fourth-order valence-electron chi connectivity index (χ4n) is 3.47. The second-order valence-electron chi connectivity index (χ2n) is 7.76. The van der Waals surface area contributed by atoms with Gasteiger partial charge in [0.05, 0.1) is 31.2 Å². The van der Waals surface area contributed by atoms with Crippen LogP contribution in [-0.2, 0) is 9.53 Å². The van der Waals surface area contributed by atoms with Crippen LogP contribution in [0.4, 0.5) is 0 Å². The molecule has 2 aromatic rings. The second-order valence-corrected chi connectivity index (χ2v) is 7.76. The average molecular weight is 469 g/mol. The maximum atomic E-state index is 13.0. The highest BCUT2D eigenvalue weighted by Gasteiger charge is 2.22. The van der Waals surface area contributed by atoms with Crippen molar-refractivity contribution in [3.63, 3.8) is 0 Å². The van der Waals surface area contributed by atoms with Crippen LogP contribution in [0.1, 0.15) is 48.1 Å². The van der Waals surface area contributed by atoms with Gasteiger partial charge in [-0.25, -0.2) is 0 Å². The van der Waals surface area contributed by atoms with E-state index in [-0.39, 0.29) is 24.3 Å². The first kappa shape index (κ1) is 24.9. The molecule has 182 valence electrons. The van der Waals surface area contributed by atoms with Crippen LogP contribution in [0.3, 0.4) is 0 Å². The summed E-state index contributed by atoms with van der Waals surface area (Å²) in [5, 5.41) is 19.5. The van der Waals surface area contributed by atoms with E-state index in [0.29, 0.717) is 18.9 Å². The van der Waals surface area contributed by atoms with E-state index in [1.807, 2.05) is 30.3 Å². The molecule has 4 N–H and O–H groups in total. The standard InChI is InChI=1S/C25H32N4O5/c1-2-33-23(31)17-21(18-8-4-3-5-9-18)29-24(32)20-16-19(10-11-22(20)30)34-15-7-14-28-25-26-12-6-13-27-25/h3-5,8-11,16,21,30H,2,6-7,12-15,17H2,1H3,(H,29,32)(H2,26,27,28). The number of esters is 1. The maximum absolute atomic E-state index is 13.0. The number of aromatic hydroxyl groups is 1. The molecule has 0 spiro atoms. The van der Waals surface area contributed by atoms with E-state index in [1.165, 1.54) is 12.1 Å². The molecule has 0 saturated heterocycles. The Kier molecular flexibility index (Phi) is 9.57. The number of phenolic OH excluding ortho intramolecular Hbond substituents is 1. The number of nitrogens with one attached hydrogen (secondary N) is 3. The zero-order valence-corrected chi connectivity index (χ0v) is 19.4. The third kappa shape index (κ3) is 7.68. The molecule has 9 nitrogen and oxygen atoms in total. The van der Waals surface area contributed by atoms with Gasteiger partial charge in [0.2, 0.25) is 0 Å². The molecular weight excluding hydrogens is 436 g/mol. The molecule has 3 rings (SSSR count). The van der Waals surface area contributed by atoms with Gasteiger partial charge in [-0.15, -0.1) is 0 Å². The van der Waals surface area contributed by atoms with Gasteiger partial charge in [0.15, 0.2) is 5.96 Å². The predicted octanol–water partition coefficient (Wildman–Crippen LogP) is 2.52. The van der Waals surface area contributed by atoms with Crippen molar-refractivity contribution in [3.05, 3.63) is 59.7 Å². The van der Waals surface area contributed by atoms with Crippen LogP contribution in [-0.4, -0.2) is 55.8 Å². The SMILES string of the molecule is CCOC(=O)CC(NC(=O)c1cc(OCCCNC2=NCCCN2)ccc1O)c1ccccc1. The van der Waals surface area contributed by atoms with Crippen molar-refractivity contribution < 1.29 is 24.2 Å². The van der Waals surface area contributed by atoms with Crippen molar-refractivity contribution in [1.82, 2.24) is 16.0 Å². The summed E-state index contributed by atoms with van der Waals surface area (Å²) in [7, 11) is 0. The minimum Gasteiger partial charge on any atom is -0.507 e. The van der Waals surface area contributed by atoms with Gasteiger partial charge >= 0.3 is 5.97 Å². The van der Waals surface area contributed by atoms with Gasteiger partial charge < -0.3 is 30.5 Å². The Bertz CT molecular complexity index is 981. The first-order valence-electron chi connectivity index (χ1n) is 11.6. The number of hydrogen-bond donors (Lipinski definition) is 4. The Morgan fingerprint density at radius 2 is 2.03 bits per heavy atom. The number of aliphatic imine (C=N–C) groups is 1. The van der Waals surface area contributed by atoms with E-state index in [0.717, 1.165) is 37.5 Å². The van der Waals surface area contributed by atoms with Crippen LogP contribution in [0.5, 0.6) is 11.5 Å². The lowest BCUT2D eigenvalue weighted by Crippen LogP contribution is -2.41. The summed E-state index contributed by atoms with van der Waals surface area (Å²) < 4.78 is 10.8. The lowest BCUT2D eigenvalue weighted by atomic mass is 10.0. The van der Waals surface area contributed by atoms with E-state index in [1.54, 1.807) is 13.0 Å². The molecule has 0 saturated carbocycles. The molecule has 1 unspecified atom stereocenters. The summed E-state index contributed by atoms with van der Waals surface area (Å²) >= 11 is 0. The monoisotopic (exact) mass is 468 g/mol. The van der Waals surface area contributed by atoms with Crippen LogP contribution in [0.15, 0.2) is 53.5 Å². The van der Waals surface area contributed by atoms with Crippen LogP contribution >= 0.6 is 0 Å². The quantitative estimate of drug-likeness (QED) is 0.295. The lowest BCUT2D eigenvalue weighted by molar-refractivity contribution is -0.143. The highest BCUT2D eigenvalue weighted by Crippen LogP contribution is 2.25. The Morgan fingerprint density at radius 1 is 1.21 bits per heavy atom. The molecule has 0 aromatic heterocycles. The summed E-state index contributed by atoms with van der Waals surface area (Å²) in [5.74, 6) is 0.185. The summed E-state index contributed by atoms with van der Waals surface area (Å²) in [5.41, 5.74) is 0.835. The third-order valence-corrected chi connectivity index (χ3v) is 5.18. The molecule has 0 bridgehead atoms. The zero-order valence-electron chi connectivity index (χ0n) is 19.4. The molecule has 9 heteroatoms. The number of phenols is 1. The number of carbonyl (C=O) groups is 2. The van der Waals surface area contributed by atoms with Crippen molar-refractivity contribution in [2.75, 3.05) is 32.8 Å². The normalized spacial score (nSPS) is 13.7. The van der Waals surface area contributed by atoms with Crippen LogP contribution in [0.2, 0.25) is 0 Å². The van der Waals surface area contributed by atoms with E-state index < -0.39 is 17.9 Å². The summed E-state index contributed by atoms with van der Waals surface area (Å²) in [4.78, 5) is 29.4. The number of benzene rings is 2. The van der Waals surface area contributed by atoms with Crippen LogP contribution in [0, 0.1) is 0 Å². The molecule has 2 aromatic carbocycles. The highest BCUT2D eigenvalue weighted by atomic mass is 16.5. The van der Waals surface area contributed by atoms with Crippen molar-refractivity contribution >= 4 is 17.8 Å².